The molecule has 2 N–H and O–H groups in total. The Labute approximate surface area is 81.3 Å². The lowest BCUT2D eigenvalue weighted by Gasteiger charge is -2.19. The van der Waals surface area contributed by atoms with Gasteiger partial charge in [0.15, 0.2) is 0 Å². The fraction of sp³-hybridized carbons (Fsp3) is 0.900. The maximum Gasteiger partial charge on any atom is 0.219 e. The number of amides is 1. The molecule has 0 fully saturated rings. The van der Waals surface area contributed by atoms with Gasteiger partial charge in [-0.15, -0.1) is 0 Å². The predicted molar refractivity (Wildman–Crippen MR) is 55.5 cm³/mol. The van der Waals surface area contributed by atoms with Gasteiger partial charge >= 0.3 is 0 Å². The van der Waals surface area contributed by atoms with E-state index in [0.717, 1.165) is 13.0 Å². The van der Waals surface area contributed by atoms with Crippen LogP contribution in [0.2, 0.25) is 0 Å². The number of carbonyl (C=O) groups excluding carboxylic acids is 1. The van der Waals surface area contributed by atoms with Crippen molar-refractivity contribution in [2.24, 2.45) is 5.73 Å². The van der Waals surface area contributed by atoms with Crippen LogP contribution in [-0.2, 0) is 4.79 Å². The molecule has 0 aromatic carbocycles. The Morgan fingerprint density at radius 3 is 2.38 bits per heavy atom. The zero-order valence-electron chi connectivity index (χ0n) is 8.88. The summed E-state index contributed by atoms with van der Waals surface area (Å²) in [5, 5.41) is 0. The smallest absolute Gasteiger partial charge is 0.219 e. The molecule has 13 heavy (non-hydrogen) atoms. The van der Waals surface area contributed by atoms with Crippen LogP contribution in [0.25, 0.3) is 0 Å². The Kier molecular flexibility index (Phi) is 7.69. The lowest BCUT2D eigenvalue weighted by Crippen LogP contribution is -2.34. The molecule has 3 heteroatoms. The average Bonchev–Trinajstić information content (AvgIpc) is 2.10. The quantitative estimate of drug-likeness (QED) is 0.610. The van der Waals surface area contributed by atoms with Crippen molar-refractivity contribution in [2.75, 3.05) is 19.6 Å². The SMILES string of the molecule is CCCCCCN(CCN)C(C)=O. The van der Waals surface area contributed by atoms with Crippen LogP contribution in [0.15, 0.2) is 0 Å². The van der Waals surface area contributed by atoms with Crippen LogP contribution >= 0.6 is 0 Å². The van der Waals surface area contributed by atoms with Crippen molar-refractivity contribution in [2.45, 2.75) is 39.5 Å². The van der Waals surface area contributed by atoms with Gasteiger partial charge in [-0.05, 0) is 6.42 Å². The highest BCUT2D eigenvalue weighted by Gasteiger charge is 2.05. The predicted octanol–water partition coefficient (Wildman–Crippen LogP) is 1.37. The van der Waals surface area contributed by atoms with Gasteiger partial charge in [0, 0.05) is 26.6 Å². The molecular weight excluding hydrogens is 164 g/mol. The zero-order chi connectivity index (χ0) is 10.1. The third kappa shape index (κ3) is 6.58. The second kappa shape index (κ2) is 8.05. The van der Waals surface area contributed by atoms with Gasteiger partial charge in [0.25, 0.3) is 0 Å². The van der Waals surface area contributed by atoms with Crippen LogP contribution in [-0.4, -0.2) is 30.4 Å². The van der Waals surface area contributed by atoms with E-state index in [2.05, 4.69) is 6.92 Å². The summed E-state index contributed by atoms with van der Waals surface area (Å²) in [4.78, 5) is 12.9. The Morgan fingerprint density at radius 1 is 1.23 bits per heavy atom. The van der Waals surface area contributed by atoms with Crippen LogP contribution in [0.3, 0.4) is 0 Å². The van der Waals surface area contributed by atoms with Gasteiger partial charge in [-0.1, -0.05) is 26.2 Å². The minimum Gasteiger partial charge on any atom is -0.342 e. The number of hydrogen-bond donors (Lipinski definition) is 1. The Bertz CT molecular complexity index is 137. The van der Waals surface area contributed by atoms with Gasteiger partial charge in [-0.3, -0.25) is 4.79 Å². The van der Waals surface area contributed by atoms with E-state index in [4.69, 9.17) is 5.73 Å². The molecular formula is C10H22N2O. The first-order valence-electron chi connectivity index (χ1n) is 5.18. The highest BCUT2D eigenvalue weighted by atomic mass is 16.2. The summed E-state index contributed by atoms with van der Waals surface area (Å²) in [5.74, 6) is 0.141. The molecule has 0 radical (unpaired) electrons. The number of nitrogens with two attached hydrogens (primary N) is 1. The zero-order valence-corrected chi connectivity index (χ0v) is 8.88. The molecule has 0 aliphatic heterocycles. The van der Waals surface area contributed by atoms with E-state index < -0.39 is 0 Å². The second-order valence-electron chi connectivity index (χ2n) is 3.36. The molecule has 0 rings (SSSR count). The lowest BCUT2D eigenvalue weighted by molar-refractivity contribution is -0.128. The molecule has 0 unspecified atom stereocenters. The van der Waals surface area contributed by atoms with Gasteiger partial charge in [0.1, 0.15) is 0 Å². The maximum atomic E-state index is 11.1. The van der Waals surface area contributed by atoms with Crippen molar-refractivity contribution in [3.8, 4) is 0 Å². The Balaban J connectivity index is 3.51. The number of carbonyl (C=O) groups is 1. The van der Waals surface area contributed by atoms with Crippen LogP contribution in [0.4, 0.5) is 0 Å². The first-order valence-corrected chi connectivity index (χ1v) is 5.18. The van der Waals surface area contributed by atoms with Gasteiger partial charge in [0.05, 0.1) is 0 Å². The van der Waals surface area contributed by atoms with Crippen LogP contribution in [0.5, 0.6) is 0 Å². The molecule has 78 valence electrons. The van der Waals surface area contributed by atoms with E-state index in [1.54, 1.807) is 6.92 Å². The molecule has 0 heterocycles. The van der Waals surface area contributed by atoms with Crippen molar-refractivity contribution in [3.63, 3.8) is 0 Å². The van der Waals surface area contributed by atoms with E-state index in [1.807, 2.05) is 4.90 Å². The van der Waals surface area contributed by atoms with E-state index in [-0.39, 0.29) is 5.91 Å². The number of rotatable bonds is 7. The van der Waals surface area contributed by atoms with E-state index in [0.29, 0.717) is 13.1 Å². The Hall–Kier alpha value is -0.570. The molecule has 0 atom stereocenters. The number of nitrogens with zero attached hydrogens (tertiary/aromatic N) is 1. The molecule has 0 aromatic rings. The fourth-order valence-corrected chi connectivity index (χ4v) is 1.31. The summed E-state index contributed by atoms with van der Waals surface area (Å²) < 4.78 is 0. The fourth-order valence-electron chi connectivity index (χ4n) is 1.31. The number of hydrogen-bond acceptors (Lipinski definition) is 2. The third-order valence-corrected chi connectivity index (χ3v) is 2.13. The molecule has 3 nitrogen and oxygen atoms in total. The summed E-state index contributed by atoms with van der Waals surface area (Å²) in [7, 11) is 0. The minimum atomic E-state index is 0.141. The van der Waals surface area contributed by atoms with Crippen molar-refractivity contribution < 1.29 is 4.79 Å². The van der Waals surface area contributed by atoms with Gasteiger partial charge in [0.2, 0.25) is 5.91 Å². The molecule has 0 aromatic heterocycles. The van der Waals surface area contributed by atoms with Gasteiger partial charge < -0.3 is 10.6 Å². The first-order chi connectivity index (χ1) is 6.22. The normalized spacial score (nSPS) is 10.1. The van der Waals surface area contributed by atoms with Crippen molar-refractivity contribution in [1.29, 1.82) is 0 Å². The van der Waals surface area contributed by atoms with Crippen molar-refractivity contribution >= 4 is 5.91 Å². The molecule has 0 saturated heterocycles. The summed E-state index contributed by atoms with van der Waals surface area (Å²) in [6.07, 6.45) is 4.81. The summed E-state index contributed by atoms with van der Waals surface area (Å²) in [5.41, 5.74) is 5.40. The summed E-state index contributed by atoms with van der Waals surface area (Å²) >= 11 is 0. The molecule has 0 spiro atoms. The largest absolute Gasteiger partial charge is 0.342 e. The highest BCUT2D eigenvalue weighted by Crippen LogP contribution is 2.01. The van der Waals surface area contributed by atoms with Gasteiger partial charge in [-0.2, -0.15) is 0 Å². The molecule has 0 aliphatic rings. The molecule has 0 saturated carbocycles. The van der Waals surface area contributed by atoms with Gasteiger partial charge in [-0.25, -0.2) is 0 Å². The summed E-state index contributed by atoms with van der Waals surface area (Å²) in [6.45, 7) is 5.92. The van der Waals surface area contributed by atoms with Crippen LogP contribution in [0, 0.1) is 0 Å². The number of unbranched alkanes of at least 4 members (excludes halogenated alkanes) is 3. The monoisotopic (exact) mass is 186 g/mol. The van der Waals surface area contributed by atoms with E-state index >= 15 is 0 Å². The van der Waals surface area contributed by atoms with Crippen molar-refractivity contribution in [1.82, 2.24) is 4.90 Å². The van der Waals surface area contributed by atoms with E-state index in [9.17, 15) is 4.79 Å². The first kappa shape index (κ1) is 12.4. The van der Waals surface area contributed by atoms with Crippen molar-refractivity contribution in [3.05, 3.63) is 0 Å². The standard InChI is InChI=1S/C10H22N2O/c1-3-4-5-6-8-12(9-7-11)10(2)13/h3-9,11H2,1-2H3. The summed E-state index contributed by atoms with van der Waals surface area (Å²) in [6, 6.07) is 0. The van der Waals surface area contributed by atoms with Crippen LogP contribution in [0.1, 0.15) is 39.5 Å². The molecule has 0 aliphatic carbocycles. The van der Waals surface area contributed by atoms with Crippen LogP contribution < -0.4 is 5.73 Å². The maximum absolute atomic E-state index is 11.1. The molecule has 1 amide bonds. The molecule has 0 bridgehead atoms. The minimum absolute atomic E-state index is 0.141. The lowest BCUT2D eigenvalue weighted by atomic mass is 10.2. The Morgan fingerprint density at radius 2 is 1.92 bits per heavy atom. The second-order valence-corrected chi connectivity index (χ2v) is 3.36. The average molecular weight is 186 g/mol. The third-order valence-electron chi connectivity index (χ3n) is 2.13. The highest BCUT2D eigenvalue weighted by molar-refractivity contribution is 5.73. The van der Waals surface area contributed by atoms with E-state index in [1.165, 1.54) is 19.3 Å². The topological polar surface area (TPSA) is 46.3 Å².